The van der Waals surface area contributed by atoms with E-state index in [0.29, 0.717) is 35.9 Å². The second kappa shape index (κ2) is 8.18. The van der Waals surface area contributed by atoms with Crippen molar-refractivity contribution in [2.45, 2.75) is 38.8 Å². The fourth-order valence-electron chi connectivity index (χ4n) is 4.11. The fourth-order valence-corrected chi connectivity index (χ4v) is 4.11. The van der Waals surface area contributed by atoms with Gasteiger partial charge < -0.3 is 19.7 Å². The molecule has 1 aliphatic rings. The minimum Gasteiger partial charge on any atom is -0.484 e. The molecule has 1 aromatic heterocycles. The van der Waals surface area contributed by atoms with E-state index >= 15 is 0 Å². The molecule has 2 aromatic carbocycles. The van der Waals surface area contributed by atoms with Crippen LogP contribution < -0.4 is 10.1 Å². The van der Waals surface area contributed by atoms with Gasteiger partial charge >= 0.3 is 5.97 Å². The topological polar surface area (TPSA) is 80.6 Å². The van der Waals surface area contributed by atoms with Crippen LogP contribution in [0.15, 0.2) is 42.5 Å². The van der Waals surface area contributed by atoms with Crippen LogP contribution in [-0.4, -0.2) is 34.2 Å². The molecule has 1 amide bonds. The third-order valence-electron chi connectivity index (χ3n) is 5.48. The number of hydrogen-bond acceptors (Lipinski definition) is 3. The second-order valence-corrected chi connectivity index (χ2v) is 7.68. The van der Waals surface area contributed by atoms with E-state index in [2.05, 4.69) is 5.32 Å². The highest BCUT2D eigenvalue weighted by Gasteiger charge is 2.27. The van der Waals surface area contributed by atoms with Gasteiger partial charge in [0.05, 0.1) is 0 Å². The first-order valence-corrected chi connectivity index (χ1v) is 9.91. The number of carboxylic acid groups (broad SMARTS) is 1. The number of fused-ring (bicyclic) bond motifs is 3. The molecule has 0 saturated carbocycles. The van der Waals surface area contributed by atoms with E-state index < -0.39 is 5.97 Å². The number of amides is 1. The Morgan fingerprint density at radius 3 is 2.73 bits per heavy atom. The number of aliphatic carboxylic acids is 1. The minimum absolute atomic E-state index is 0.0815. The molecular formula is C23H23FN2O4. The lowest BCUT2D eigenvalue weighted by molar-refractivity contribution is -0.137. The van der Waals surface area contributed by atoms with Crippen LogP contribution in [0.4, 0.5) is 4.39 Å². The van der Waals surface area contributed by atoms with Crippen LogP contribution in [0, 0.1) is 12.7 Å². The van der Waals surface area contributed by atoms with E-state index in [4.69, 9.17) is 4.74 Å². The summed E-state index contributed by atoms with van der Waals surface area (Å²) in [5, 5.41) is 13.0. The summed E-state index contributed by atoms with van der Waals surface area (Å²) >= 11 is 0. The molecule has 1 atom stereocenters. The van der Waals surface area contributed by atoms with Gasteiger partial charge in [0.2, 0.25) is 0 Å². The number of nitrogens with one attached hydrogen (secondary N) is 1. The van der Waals surface area contributed by atoms with Gasteiger partial charge in [-0.1, -0.05) is 17.7 Å². The average molecular weight is 410 g/mol. The zero-order chi connectivity index (χ0) is 21.3. The molecule has 0 bridgehead atoms. The highest BCUT2D eigenvalue weighted by Crippen LogP contribution is 2.33. The van der Waals surface area contributed by atoms with Crippen molar-refractivity contribution in [2.24, 2.45) is 0 Å². The molecule has 1 heterocycles. The van der Waals surface area contributed by atoms with Crippen molar-refractivity contribution in [3.05, 3.63) is 65.1 Å². The number of nitrogens with zero attached hydrogens (tertiary/aromatic N) is 1. The molecule has 7 heteroatoms. The van der Waals surface area contributed by atoms with Crippen LogP contribution in [0.5, 0.6) is 5.75 Å². The maximum Gasteiger partial charge on any atom is 0.323 e. The van der Waals surface area contributed by atoms with Crippen LogP contribution in [0.25, 0.3) is 10.9 Å². The van der Waals surface area contributed by atoms with E-state index in [9.17, 15) is 19.1 Å². The maximum atomic E-state index is 13.9. The van der Waals surface area contributed by atoms with Gasteiger partial charge in [-0.05, 0) is 62.1 Å². The highest BCUT2D eigenvalue weighted by atomic mass is 19.1. The Balaban J connectivity index is 1.48. The number of aryl methyl sites for hydroxylation is 1. The highest BCUT2D eigenvalue weighted by molar-refractivity contribution is 5.87. The van der Waals surface area contributed by atoms with Crippen LogP contribution in [-0.2, 0) is 29.0 Å². The normalized spacial score (nSPS) is 15.6. The number of carbonyl (C=O) groups is 2. The molecule has 0 saturated heterocycles. The molecule has 0 aliphatic heterocycles. The monoisotopic (exact) mass is 410 g/mol. The third kappa shape index (κ3) is 4.15. The van der Waals surface area contributed by atoms with Crippen molar-refractivity contribution in [1.29, 1.82) is 0 Å². The summed E-state index contributed by atoms with van der Waals surface area (Å²) in [6, 6.07) is 11.8. The zero-order valence-electron chi connectivity index (χ0n) is 16.7. The number of rotatable bonds is 6. The predicted octanol–water partition coefficient (Wildman–Crippen LogP) is 3.23. The van der Waals surface area contributed by atoms with E-state index in [1.807, 2.05) is 31.2 Å². The summed E-state index contributed by atoms with van der Waals surface area (Å²) in [5.74, 6) is -0.892. The number of hydrogen-bond donors (Lipinski definition) is 2. The molecule has 156 valence electrons. The Hall–Kier alpha value is -3.35. The zero-order valence-corrected chi connectivity index (χ0v) is 16.7. The van der Waals surface area contributed by atoms with Gasteiger partial charge in [0.15, 0.2) is 6.61 Å². The summed E-state index contributed by atoms with van der Waals surface area (Å²) in [5.41, 5.74) is 3.63. The maximum absolute atomic E-state index is 13.9. The first-order valence-electron chi connectivity index (χ1n) is 9.91. The van der Waals surface area contributed by atoms with E-state index in [0.717, 1.165) is 16.8 Å². The molecule has 0 radical (unpaired) electrons. The molecule has 3 aromatic rings. The van der Waals surface area contributed by atoms with Crippen molar-refractivity contribution in [1.82, 2.24) is 9.88 Å². The molecule has 0 spiro atoms. The van der Waals surface area contributed by atoms with Crippen molar-refractivity contribution in [3.63, 3.8) is 0 Å². The summed E-state index contributed by atoms with van der Waals surface area (Å²) in [4.78, 5) is 23.7. The molecular weight excluding hydrogens is 387 g/mol. The number of benzene rings is 2. The van der Waals surface area contributed by atoms with Crippen LogP contribution in [0.1, 0.15) is 23.2 Å². The van der Waals surface area contributed by atoms with Crippen molar-refractivity contribution < 1.29 is 23.8 Å². The first kappa shape index (κ1) is 19.9. The summed E-state index contributed by atoms with van der Waals surface area (Å²) in [6.07, 6.45) is 1.82. The number of carbonyl (C=O) groups excluding carboxylic acids is 1. The fraction of sp³-hybridized carbons (Fsp3) is 0.304. The number of carboxylic acids is 1. The number of ether oxygens (including phenoxy) is 1. The lowest BCUT2D eigenvalue weighted by Crippen LogP contribution is -2.41. The Morgan fingerprint density at radius 2 is 2.00 bits per heavy atom. The van der Waals surface area contributed by atoms with Crippen molar-refractivity contribution >= 4 is 22.8 Å². The van der Waals surface area contributed by atoms with Gasteiger partial charge in [0.1, 0.15) is 18.1 Å². The van der Waals surface area contributed by atoms with E-state index in [1.165, 1.54) is 12.1 Å². The van der Waals surface area contributed by atoms with Crippen LogP contribution >= 0.6 is 0 Å². The van der Waals surface area contributed by atoms with E-state index in [-0.39, 0.29) is 30.9 Å². The van der Waals surface area contributed by atoms with Crippen LogP contribution in [0.2, 0.25) is 0 Å². The molecule has 30 heavy (non-hydrogen) atoms. The van der Waals surface area contributed by atoms with Gasteiger partial charge in [-0.15, -0.1) is 0 Å². The molecule has 4 rings (SSSR count). The molecule has 2 N–H and O–H groups in total. The smallest absolute Gasteiger partial charge is 0.323 e. The SMILES string of the molecule is Cc1ccc(OCC(=O)NC2CCc3c(c4cc(F)ccc4n3CC(=O)O)C2)cc1. The van der Waals surface area contributed by atoms with Gasteiger partial charge in [0.25, 0.3) is 5.91 Å². The number of halogens is 1. The average Bonchev–Trinajstić information content (AvgIpc) is 2.99. The molecule has 0 fully saturated rings. The lowest BCUT2D eigenvalue weighted by Gasteiger charge is -2.25. The van der Waals surface area contributed by atoms with Gasteiger partial charge in [-0.25, -0.2) is 4.39 Å². The van der Waals surface area contributed by atoms with Crippen molar-refractivity contribution in [2.75, 3.05) is 6.61 Å². The third-order valence-corrected chi connectivity index (χ3v) is 5.48. The lowest BCUT2D eigenvalue weighted by atomic mass is 9.91. The first-order chi connectivity index (χ1) is 14.4. The summed E-state index contributed by atoms with van der Waals surface area (Å²) in [7, 11) is 0. The number of aromatic nitrogens is 1. The van der Waals surface area contributed by atoms with Gasteiger partial charge in [0, 0.05) is 22.6 Å². The van der Waals surface area contributed by atoms with Crippen LogP contribution in [0.3, 0.4) is 0 Å². The molecule has 6 nitrogen and oxygen atoms in total. The summed E-state index contributed by atoms with van der Waals surface area (Å²) in [6.45, 7) is 1.73. The quantitative estimate of drug-likeness (QED) is 0.654. The second-order valence-electron chi connectivity index (χ2n) is 7.68. The predicted molar refractivity (Wildman–Crippen MR) is 110 cm³/mol. The Kier molecular flexibility index (Phi) is 5.44. The Labute approximate surface area is 173 Å². The standard InChI is InChI=1S/C23H23FN2O4/c1-14-2-6-17(7-3-14)30-13-22(27)25-16-5-9-21-19(11-16)18-10-15(24)4-8-20(18)26(21)12-23(28)29/h2-4,6-8,10,16H,5,9,11-13H2,1H3,(H,25,27)(H,28,29). The van der Waals surface area contributed by atoms with Gasteiger partial charge in [-0.2, -0.15) is 0 Å². The van der Waals surface area contributed by atoms with E-state index in [1.54, 1.807) is 10.6 Å². The largest absolute Gasteiger partial charge is 0.484 e. The minimum atomic E-state index is -0.942. The summed E-state index contributed by atoms with van der Waals surface area (Å²) < 4.78 is 21.1. The Bertz CT molecular complexity index is 1100. The van der Waals surface area contributed by atoms with Crippen molar-refractivity contribution in [3.8, 4) is 5.75 Å². The van der Waals surface area contributed by atoms with Gasteiger partial charge in [-0.3, -0.25) is 9.59 Å². The molecule has 1 unspecified atom stereocenters. The molecule has 1 aliphatic carbocycles. The Morgan fingerprint density at radius 1 is 1.23 bits per heavy atom.